The smallest absolute Gasteiger partial charge is 0.216 e. The van der Waals surface area contributed by atoms with Crippen molar-refractivity contribution in [3.63, 3.8) is 0 Å². The van der Waals surface area contributed by atoms with Gasteiger partial charge in [0.1, 0.15) is 0 Å². The Labute approximate surface area is 197 Å². The van der Waals surface area contributed by atoms with Gasteiger partial charge in [-0.1, -0.05) is 42.5 Å². The van der Waals surface area contributed by atoms with Crippen molar-refractivity contribution in [2.45, 2.75) is 45.5 Å². The summed E-state index contributed by atoms with van der Waals surface area (Å²) >= 11 is 0. The zero-order chi connectivity index (χ0) is 20.9. The molecule has 1 heterocycles. The van der Waals surface area contributed by atoms with Crippen molar-refractivity contribution in [1.29, 1.82) is 0 Å². The Morgan fingerprint density at radius 2 is 1.77 bits per heavy atom. The number of rotatable bonds is 7. The zero-order valence-corrected chi connectivity index (χ0v) is 20.9. The van der Waals surface area contributed by atoms with Crippen LogP contribution in [0.1, 0.15) is 37.5 Å². The molecule has 0 fully saturated rings. The third kappa shape index (κ3) is 6.42. The minimum absolute atomic E-state index is 0. The fraction of sp³-hybridized carbons (Fsp3) is 0.409. The standard InChI is InChI=1S/C22H30N4O2S.HI/c1-4-23-22(26-14-13-18-9-7-8-12-21(18)26)24-15-19-10-5-6-11-20(19)16-29(27,28)25-17(2)3;/h5-12,17,25H,4,13-16H2,1-3H3,(H,23,24);1H. The van der Waals surface area contributed by atoms with Gasteiger partial charge in [0.05, 0.1) is 12.3 Å². The maximum atomic E-state index is 12.4. The van der Waals surface area contributed by atoms with E-state index in [1.165, 1.54) is 11.3 Å². The van der Waals surface area contributed by atoms with Crippen LogP contribution in [0.5, 0.6) is 0 Å². The van der Waals surface area contributed by atoms with E-state index in [2.05, 4.69) is 40.1 Å². The maximum absolute atomic E-state index is 12.4. The van der Waals surface area contributed by atoms with Gasteiger partial charge >= 0.3 is 0 Å². The number of aliphatic imine (C=N–C) groups is 1. The van der Waals surface area contributed by atoms with Crippen LogP contribution in [0.2, 0.25) is 0 Å². The van der Waals surface area contributed by atoms with Crippen LogP contribution >= 0.6 is 24.0 Å². The van der Waals surface area contributed by atoms with Crippen molar-refractivity contribution in [3.8, 4) is 0 Å². The van der Waals surface area contributed by atoms with Gasteiger partial charge in [0, 0.05) is 24.8 Å². The lowest BCUT2D eigenvalue weighted by Crippen LogP contribution is -2.40. The van der Waals surface area contributed by atoms with Gasteiger partial charge in [-0.2, -0.15) is 0 Å². The van der Waals surface area contributed by atoms with Crippen molar-refractivity contribution in [2.75, 3.05) is 18.0 Å². The van der Waals surface area contributed by atoms with Crippen LogP contribution in [0.15, 0.2) is 53.5 Å². The van der Waals surface area contributed by atoms with E-state index in [-0.39, 0.29) is 35.8 Å². The van der Waals surface area contributed by atoms with Crippen LogP contribution in [0.4, 0.5) is 5.69 Å². The van der Waals surface area contributed by atoms with Crippen LogP contribution in [0.3, 0.4) is 0 Å². The summed E-state index contributed by atoms with van der Waals surface area (Å²) in [6.07, 6.45) is 0.996. The average molecular weight is 542 g/mol. The van der Waals surface area contributed by atoms with Gasteiger partial charge in [-0.3, -0.25) is 0 Å². The topological polar surface area (TPSA) is 73.8 Å². The first kappa shape index (κ1) is 24.6. The highest BCUT2D eigenvalue weighted by Gasteiger charge is 2.22. The number of fused-ring (bicyclic) bond motifs is 1. The highest BCUT2D eigenvalue weighted by molar-refractivity contribution is 14.0. The Bertz CT molecular complexity index is 977. The predicted octanol–water partition coefficient (Wildman–Crippen LogP) is 3.66. The number of sulfonamides is 1. The number of nitrogens with zero attached hydrogens (tertiary/aromatic N) is 2. The summed E-state index contributed by atoms with van der Waals surface area (Å²) in [5, 5.41) is 3.37. The number of para-hydroxylation sites is 1. The molecule has 1 aliphatic heterocycles. The van der Waals surface area contributed by atoms with E-state index in [0.29, 0.717) is 6.54 Å². The molecule has 30 heavy (non-hydrogen) atoms. The molecular weight excluding hydrogens is 511 g/mol. The summed E-state index contributed by atoms with van der Waals surface area (Å²) in [5.41, 5.74) is 4.21. The Morgan fingerprint density at radius 3 is 2.47 bits per heavy atom. The van der Waals surface area contributed by atoms with E-state index in [9.17, 15) is 8.42 Å². The third-order valence-electron chi connectivity index (χ3n) is 4.76. The van der Waals surface area contributed by atoms with Gasteiger partial charge in [-0.15, -0.1) is 24.0 Å². The first-order valence-corrected chi connectivity index (χ1v) is 11.8. The Morgan fingerprint density at radius 1 is 1.10 bits per heavy atom. The number of halogens is 1. The molecule has 0 aliphatic carbocycles. The molecule has 0 aromatic heterocycles. The fourth-order valence-corrected chi connectivity index (χ4v) is 5.06. The molecule has 2 aromatic carbocycles. The van der Waals surface area contributed by atoms with Crippen LogP contribution in [-0.4, -0.2) is 33.5 Å². The number of hydrogen-bond acceptors (Lipinski definition) is 3. The zero-order valence-electron chi connectivity index (χ0n) is 17.8. The molecular formula is C22H31IN4O2S. The normalized spacial score (nSPS) is 13.9. The minimum atomic E-state index is -3.39. The number of guanidine groups is 1. The van der Waals surface area contributed by atoms with Gasteiger partial charge in [-0.25, -0.2) is 18.1 Å². The van der Waals surface area contributed by atoms with E-state index >= 15 is 0 Å². The molecule has 0 saturated heterocycles. The van der Waals surface area contributed by atoms with Crippen LogP contribution < -0.4 is 14.9 Å². The quantitative estimate of drug-likeness (QED) is 0.318. The molecule has 1 aliphatic rings. The molecule has 3 rings (SSSR count). The highest BCUT2D eigenvalue weighted by atomic mass is 127. The molecule has 0 spiro atoms. The second-order valence-electron chi connectivity index (χ2n) is 7.50. The van der Waals surface area contributed by atoms with Gasteiger partial charge in [0.25, 0.3) is 0 Å². The summed E-state index contributed by atoms with van der Waals surface area (Å²) < 4.78 is 27.4. The summed E-state index contributed by atoms with van der Waals surface area (Å²) in [5.74, 6) is 0.787. The highest BCUT2D eigenvalue weighted by Crippen LogP contribution is 2.27. The molecule has 0 radical (unpaired) electrons. The maximum Gasteiger partial charge on any atom is 0.216 e. The SMILES string of the molecule is CCNC(=NCc1ccccc1CS(=O)(=O)NC(C)C)N1CCc2ccccc21.I. The molecule has 164 valence electrons. The summed E-state index contributed by atoms with van der Waals surface area (Å²) in [6, 6.07) is 15.9. The van der Waals surface area contributed by atoms with Crippen LogP contribution in [0, 0.1) is 0 Å². The molecule has 6 nitrogen and oxygen atoms in total. The summed E-state index contributed by atoms with van der Waals surface area (Å²) in [7, 11) is -3.39. The molecule has 2 aromatic rings. The molecule has 2 N–H and O–H groups in total. The fourth-order valence-electron chi connectivity index (χ4n) is 3.57. The van der Waals surface area contributed by atoms with Gasteiger partial charge in [0.15, 0.2) is 5.96 Å². The summed E-state index contributed by atoms with van der Waals surface area (Å²) in [6.45, 7) is 7.78. The van der Waals surface area contributed by atoms with Crippen LogP contribution in [-0.2, 0) is 28.7 Å². The molecule has 0 bridgehead atoms. The monoisotopic (exact) mass is 542 g/mol. The first-order chi connectivity index (χ1) is 13.9. The van der Waals surface area contributed by atoms with Crippen molar-refractivity contribution in [2.24, 2.45) is 4.99 Å². The lowest BCUT2D eigenvalue weighted by atomic mass is 10.1. The molecule has 0 amide bonds. The van der Waals surface area contributed by atoms with Crippen molar-refractivity contribution < 1.29 is 8.42 Å². The number of anilines is 1. The third-order valence-corrected chi connectivity index (χ3v) is 6.28. The van der Waals surface area contributed by atoms with E-state index in [0.717, 1.165) is 36.6 Å². The van der Waals surface area contributed by atoms with Crippen molar-refractivity contribution >= 4 is 45.6 Å². The largest absolute Gasteiger partial charge is 0.356 e. The Hall–Kier alpha value is -1.65. The Balaban J connectivity index is 0.00000320. The van der Waals surface area contributed by atoms with E-state index < -0.39 is 10.0 Å². The van der Waals surface area contributed by atoms with E-state index in [1.807, 2.05) is 44.2 Å². The minimum Gasteiger partial charge on any atom is -0.356 e. The molecule has 0 atom stereocenters. The second kappa shape index (κ2) is 11.1. The first-order valence-electron chi connectivity index (χ1n) is 10.1. The van der Waals surface area contributed by atoms with Gasteiger partial charge in [-0.05, 0) is 49.9 Å². The Kier molecular flexibility index (Phi) is 9.11. The van der Waals surface area contributed by atoms with E-state index in [1.54, 1.807) is 0 Å². The number of nitrogens with one attached hydrogen (secondary N) is 2. The van der Waals surface area contributed by atoms with Gasteiger partial charge < -0.3 is 10.2 Å². The lowest BCUT2D eigenvalue weighted by Gasteiger charge is -2.22. The molecule has 8 heteroatoms. The van der Waals surface area contributed by atoms with Crippen molar-refractivity contribution in [1.82, 2.24) is 10.0 Å². The van der Waals surface area contributed by atoms with Gasteiger partial charge in [0.2, 0.25) is 10.0 Å². The predicted molar refractivity (Wildman–Crippen MR) is 135 cm³/mol. The second-order valence-corrected chi connectivity index (χ2v) is 9.25. The molecule has 0 saturated carbocycles. The summed E-state index contributed by atoms with van der Waals surface area (Å²) in [4.78, 5) is 7.04. The van der Waals surface area contributed by atoms with Crippen molar-refractivity contribution in [3.05, 3.63) is 65.2 Å². The molecule has 0 unspecified atom stereocenters. The van der Waals surface area contributed by atoms with Crippen LogP contribution in [0.25, 0.3) is 0 Å². The average Bonchev–Trinajstić information content (AvgIpc) is 3.09. The van der Waals surface area contributed by atoms with E-state index in [4.69, 9.17) is 4.99 Å². The number of benzene rings is 2. The lowest BCUT2D eigenvalue weighted by molar-refractivity contribution is 0.569. The number of hydrogen-bond donors (Lipinski definition) is 2.